The van der Waals surface area contributed by atoms with Crippen LogP contribution in [0.2, 0.25) is 0 Å². The highest BCUT2D eigenvalue weighted by Crippen LogP contribution is 2.38. The molecule has 1 aliphatic carbocycles. The van der Waals surface area contributed by atoms with Crippen LogP contribution in [0.4, 0.5) is 0 Å². The minimum absolute atomic E-state index is 0.115. The van der Waals surface area contributed by atoms with Crippen LogP contribution in [0.5, 0.6) is 0 Å². The van der Waals surface area contributed by atoms with Crippen LogP contribution in [0.15, 0.2) is 0 Å². The van der Waals surface area contributed by atoms with Gasteiger partial charge in [-0.15, -0.1) is 0 Å². The van der Waals surface area contributed by atoms with E-state index in [9.17, 15) is 4.79 Å². The fraction of sp³-hybridized carbons (Fsp3) is 0.933. The van der Waals surface area contributed by atoms with Crippen LogP contribution >= 0.6 is 0 Å². The molecule has 0 saturated heterocycles. The van der Waals surface area contributed by atoms with E-state index in [1.54, 1.807) is 7.11 Å². The summed E-state index contributed by atoms with van der Waals surface area (Å²) in [5.41, 5.74) is -0.115. The van der Waals surface area contributed by atoms with Crippen LogP contribution in [0.3, 0.4) is 0 Å². The Kier molecular flexibility index (Phi) is 6.30. The molecule has 0 aromatic rings. The molecular weight excluding hydrogens is 226 g/mol. The van der Waals surface area contributed by atoms with Gasteiger partial charge in [0.05, 0.1) is 6.61 Å². The van der Waals surface area contributed by atoms with E-state index in [-0.39, 0.29) is 5.41 Å². The topological polar surface area (TPSA) is 29.5 Å². The van der Waals surface area contributed by atoms with Crippen molar-refractivity contribution in [2.45, 2.75) is 52.5 Å². The SMILES string of the molecule is CCN(CC1(C=O)CCCC(C)C1)C(C)COC. The number of carbonyl (C=O) groups is 1. The number of carbonyl (C=O) groups excluding carboxylic acids is 1. The number of rotatable bonds is 7. The predicted octanol–water partition coefficient (Wildman–Crippen LogP) is 2.74. The zero-order valence-electron chi connectivity index (χ0n) is 12.4. The van der Waals surface area contributed by atoms with E-state index < -0.39 is 0 Å². The maximum Gasteiger partial charge on any atom is 0.127 e. The Bertz CT molecular complexity index is 257. The summed E-state index contributed by atoms with van der Waals surface area (Å²) in [6, 6.07) is 0.383. The Morgan fingerprint density at radius 3 is 2.78 bits per heavy atom. The molecule has 1 rings (SSSR count). The van der Waals surface area contributed by atoms with E-state index in [0.717, 1.165) is 32.5 Å². The monoisotopic (exact) mass is 255 g/mol. The third kappa shape index (κ3) is 4.06. The van der Waals surface area contributed by atoms with E-state index in [1.807, 2.05) is 0 Å². The normalized spacial score (nSPS) is 30.4. The Morgan fingerprint density at radius 1 is 1.56 bits per heavy atom. The number of likely N-dealkylation sites (N-methyl/N-ethyl adjacent to an activating group) is 1. The van der Waals surface area contributed by atoms with E-state index in [4.69, 9.17) is 4.74 Å². The smallest absolute Gasteiger partial charge is 0.127 e. The Labute approximate surface area is 112 Å². The third-order valence-electron chi connectivity index (χ3n) is 4.33. The second-order valence-corrected chi connectivity index (χ2v) is 6.05. The number of methoxy groups -OCH3 is 1. The maximum atomic E-state index is 11.6. The van der Waals surface area contributed by atoms with Crippen molar-refractivity contribution >= 4 is 6.29 Å². The zero-order chi connectivity index (χ0) is 13.6. The molecule has 106 valence electrons. The van der Waals surface area contributed by atoms with E-state index in [2.05, 4.69) is 25.7 Å². The highest BCUT2D eigenvalue weighted by atomic mass is 16.5. The summed E-state index contributed by atoms with van der Waals surface area (Å²) in [4.78, 5) is 14.0. The van der Waals surface area contributed by atoms with Gasteiger partial charge in [0.15, 0.2) is 0 Å². The lowest BCUT2D eigenvalue weighted by atomic mass is 9.70. The summed E-state index contributed by atoms with van der Waals surface area (Å²) in [5.74, 6) is 0.681. The van der Waals surface area contributed by atoms with Gasteiger partial charge in [0, 0.05) is 25.1 Å². The van der Waals surface area contributed by atoms with Crippen molar-refractivity contribution in [2.75, 3.05) is 26.8 Å². The predicted molar refractivity (Wildman–Crippen MR) is 74.7 cm³/mol. The first kappa shape index (κ1) is 15.6. The Hall–Kier alpha value is -0.410. The first-order valence-electron chi connectivity index (χ1n) is 7.26. The lowest BCUT2D eigenvalue weighted by molar-refractivity contribution is -0.120. The quantitative estimate of drug-likeness (QED) is 0.655. The maximum absolute atomic E-state index is 11.6. The average Bonchev–Trinajstić information content (AvgIpc) is 2.36. The van der Waals surface area contributed by atoms with Crippen LogP contribution in [0.25, 0.3) is 0 Å². The summed E-state index contributed by atoms with van der Waals surface area (Å²) in [6.45, 7) is 9.22. The molecule has 0 aromatic heterocycles. The van der Waals surface area contributed by atoms with Gasteiger partial charge in [-0.25, -0.2) is 0 Å². The van der Waals surface area contributed by atoms with Gasteiger partial charge in [-0.3, -0.25) is 4.90 Å². The molecule has 0 N–H and O–H groups in total. The van der Waals surface area contributed by atoms with Gasteiger partial charge in [0.25, 0.3) is 0 Å². The fourth-order valence-electron chi connectivity index (χ4n) is 3.32. The number of aldehydes is 1. The second-order valence-electron chi connectivity index (χ2n) is 6.05. The third-order valence-corrected chi connectivity index (χ3v) is 4.33. The molecule has 0 bridgehead atoms. The molecule has 1 saturated carbocycles. The molecule has 3 unspecified atom stereocenters. The molecule has 0 aromatic carbocycles. The Morgan fingerprint density at radius 2 is 2.28 bits per heavy atom. The molecule has 3 nitrogen and oxygen atoms in total. The first-order chi connectivity index (χ1) is 8.56. The molecule has 0 heterocycles. The fourth-order valence-corrected chi connectivity index (χ4v) is 3.32. The van der Waals surface area contributed by atoms with Crippen molar-refractivity contribution < 1.29 is 9.53 Å². The average molecular weight is 255 g/mol. The van der Waals surface area contributed by atoms with Gasteiger partial charge in [-0.2, -0.15) is 0 Å². The first-order valence-corrected chi connectivity index (χ1v) is 7.26. The summed E-state index contributed by atoms with van der Waals surface area (Å²) in [6.07, 6.45) is 5.79. The lowest BCUT2D eigenvalue weighted by Crippen LogP contribution is -2.46. The molecule has 0 spiro atoms. The molecule has 3 atom stereocenters. The molecule has 3 heteroatoms. The molecule has 0 aliphatic heterocycles. The standard InChI is InChI=1S/C15H29NO2/c1-5-16(14(3)10-18-4)11-15(12-17)8-6-7-13(2)9-15/h12-14H,5-11H2,1-4H3. The molecule has 18 heavy (non-hydrogen) atoms. The van der Waals surface area contributed by atoms with Gasteiger partial charge < -0.3 is 9.53 Å². The molecular formula is C15H29NO2. The van der Waals surface area contributed by atoms with Crippen molar-refractivity contribution in [3.63, 3.8) is 0 Å². The van der Waals surface area contributed by atoms with Crippen molar-refractivity contribution in [2.24, 2.45) is 11.3 Å². The van der Waals surface area contributed by atoms with Gasteiger partial charge in [0.2, 0.25) is 0 Å². The van der Waals surface area contributed by atoms with Gasteiger partial charge in [0.1, 0.15) is 6.29 Å². The molecule has 1 fully saturated rings. The van der Waals surface area contributed by atoms with Crippen molar-refractivity contribution in [1.82, 2.24) is 4.90 Å². The van der Waals surface area contributed by atoms with Crippen LogP contribution in [-0.4, -0.2) is 44.0 Å². The van der Waals surface area contributed by atoms with Crippen molar-refractivity contribution in [3.8, 4) is 0 Å². The van der Waals surface area contributed by atoms with Gasteiger partial charge >= 0.3 is 0 Å². The van der Waals surface area contributed by atoms with Crippen LogP contribution in [0.1, 0.15) is 46.5 Å². The van der Waals surface area contributed by atoms with Gasteiger partial charge in [-0.05, 0) is 32.2 Å². The summed E-state index contributed by atoms with van der Waals surface area (Å²) < 4.78 is 5.23. The number of hydrogen-bond acceptors (Lipinski definition) is 3. The van der Waals surface area contributed by atoms with Crippen LogP contribution < -0.4 is 0 Å². The highest BCUT2D eigenvalue weighted by Gasteiger charge is 2.36. The van der Waals surface area contributed by atoms with Crippen molar-refractivity contribution in [1.29, 1.82) is 0 Å². The second kappa shape index (κ2) is 7.25. The highest BCUT2D eigenvalue weighted by molar-refractivity contribution is 5.60. The molecule has 0 radical (unpaired) electrons. The zero-order valence-corrected chi connectivity index (χ0v) is 12.4. The Balaban J connectivity index is 2.67. The van der Waals surface area contributed by atoms with Crippen molar-refractivity contribution in [3.05, 3.63) is 0 Å². The molecule has 0 amide bonds. The summed E-state index contributed by atoms with van der Waals surface area (Å²) >= 11 is 0. The minimum Gasteiger partial charge on any atom is -0.383 e. The largest absolute Gasteiger partial charge is 0.383 e. The van der Waals surface area contributed by atoms with E-state index in [1.165, 1.54) is 19.1 Å². The number of nitrogens with zero attached hydrogens (tertiary/aromatic N) is 1. The van der Waals surface area contributed by atoms with Gasteiger partial charge in [-0.1, -0.05) is 26.7 Å². The van der Waals surface area contributed by atoms with E-state index >= 15 is 0 Å². The molecule has 1 aliphatic rings. The van der Waals surface area contributed by atoms with Crippen LogP contribution in [0, 0.1) is 11.3 Å². The lowest BCUT2D eigenvalue weighted by Gasteiger charge is -2.41. The summed E-state index contributed by atoms with van der Waals surface area (Å²) in [5, 5.41) is 0. The van der Waals surface area contributed by atoms with Crippen LogP contribution in [-0.2, 0) is 9.53 Å². The number of hydrogen-bond donors (Lipinski definition) is 0. The summed E-state index contributed by atoms with van der Waals surface area (Å²) in [7, 11) is 1.74. The van der Waals surface area contributed by atoms with E-state index in [0.29, 0.717) is 12.0 Å². The minimum atomic E-state index is -0.115. The number of ether oxygens (including phenoxy) is 1.